The van der Waals surface area contributed by atoms with Crippen molar-refractivity contribution in [3.63, 3.8) is 0 Å². The monoisotopic (exact) mass is 435 g/mol. The van der Waals surface area contributed by atoms with Crippen LogP contribution >= 0.6 is 0 Å². The highest BCUT2D eigenvalue weighted by molar-refractivity contribution is 5.92. The van der Waals surface area contributed by atoms with Crippen LogP contribution in [-0.4, -0.2) is 52.1 Å². The molecule has 8 nitrogen and oxygen atoms in total. The van der Waals surface area contributed by atoms with Crippen LogP contribution in [-0.2, 0) is 14.3 Å². The molecule has 31 heavy (non-hydrogen) atoms. The van der Waals surface area contributed by atoms with Crippen LogP contribution in [0.4, 0.5) is 4.79 Å². The minimum Gasteiger partial charge on any atom is -0.508 e. The quantitative estimate of drug-likeness (QED) is 0.550. The van der Waals surface area contributed by atoms with E-state index in [0.29, 0.717) is 5.56 Å². The second kappa shape index (κ2) is 11.6. The minimum atomic E-state index is -0.952. The largest absolute Gasteiger partial charge is 0.508 e. The fraction of sp³-hybridized carbons (Fsp3) is 0.609. The molecule has 8 heteroatoms. The van der Waals surface area contributed by atoms with Crippen molar-refractivity contribution in [2.24, 2.45) is 0 Å². The molecule has 3 atom stereocenters. The molecule has 0 fully saturated rings. The van der Waals surface area contributed by atoms with Gasteiger partial charge in [0.05, 0.1) is 0 Å². The molecule has 1 aromatic rings. The first-order valence-corrected chi connectivity index (χ1v) is 10.8. The number of alkyl carbamates (subject to hydrolysis) is 1. The van der Waals surface area contributed by atoms with Crippen molar-refractivity contribution in [1.29, 1.82) is 0 Å². The molecule has 0 aliphatic rings. The van der Waals surface area contributed by atoms with Gasteiger partial charge in [0.25, 0.3) is 0 Å². The normalized spacial score (nSPS) is 14.2. The van der Waals surface area contributed by atoms with E-state index in [0.717, 1.165) is 12.8 Å². The zero-order chi connectivity index (χ0) is 23.8. The van der Waals surface area contributed by atoms with E-state index in [9.17, 15) is 19.5 Å². The molecule has 0 heterocycles. The first kappa shape index (κ1) is 26.3. The number of nitrogens with one attached hydrogen (secondary N) is 2. The number of benzene rings is 1. The van der Waals surface area contributed by atoms with Gasteiger partial charge < -0.3 is 25.4 Å². The van der Waals surface area contributed by atoms with Gasteiger partial charge in [-0.05, 0) is 65.7 Å². The Kier molecular flexibility index (Phi) is 9.81. The van der Waals surface area contributed by atoms with E-state index in [-0.39, 0.29) is 24.2 Å². The summed E-state index contributed by atoms with van der Waals surface area (Å²) in [5.74, 6) is -0.772. The Hall–Kier alpha value is -2.77. The molecule has 174 valence electrons. The molecule has 0 aromatic heterocycles. The summed E-state index contributed by atoms with van der Waals surface area (Å²) in [6.07, 6.45) is 1.00. The number of carbonyl (C=O) groups is 3. The summed E-state index contributed by atoms with van der Waals surface area (Å²) >= 11 is 0. The lowest BCUT2D eigenvalue weighted by Gasteiger charge is -2.33. The highest BCUT2D eigenvalue weighted by Crippen LogP contribution is 2.25. The fourth-order valence-electron chi connectivity index (χ4n) is 3.26. The first-order chi connectivity index (χ1) is 14.4. The molecule has 0 aliphatic carbocycles. The van der Waals surface area contributed by atoms with Crippen LogP contribution in [0.15, 0.2) is 24.3 Å². The molecule has 0 saturated heterocycles. The summed E-state index contributed by atoms with van der Waals surface area (Å²) in [5, 5.41) is 15.4. The molecule has 1 rings (SSSR count). The van der Waals surface area contributed by atoms with Crippen molar-refractivity contribution in [3.8, 4) is 5.75 Å². The summed E-state index contributed by atoms with van der Waals surface area (Å²) in [6, 6.07) is 4.36. The van der Waals surface area contributed by atoms with Gasteiger partial charge >= 0.3 is 6.09 Å². The molecule has 3 unspecified atom stereocenters. The van der Waals surface area contributed by atoms with E-state index in [1.54, 1.807) is 46.8 Å². The molecule has 1 aromatic carbocycles. The second-order valence-electron chi connectivity index (χ2n) is 8.69. The summed E-state index contributed by atoms with van der Waals surface area (Å²) in [6.45, 7) is 12.7. The fourth-order valence-corrected chi connectivity index (χ4v) is 3.26. The van der Waals surface area contributed by atoms with Crippen LogP contribution in [0.2, 0.25) is 0 Å². The van der Waals surface area contributed by atoms with Crippen LogP contribution < -0.4 is 10.6 Å². The highest BCUT2D eigenvalue weighted by atomic mass is 16.6. The molecule has 0 bridgehead atoms. The van der Waals surface area contributed by atoms with E-state index in [2.05, 4.69) is 10.6 Å². The van der Waals surface area contributed by atoms with Crippen molar-refractivity contribution >= 4 is 17.9 Å². The molecule has 3 amide bonds. The number of ether oxygens (including phenoxy) is 1. The summed E-state index contributed by atoms with van der Waals surface area (Å²) in [4.78, 5) is 39.9. The van der Waals surface area contributed by atoms with Crippen LogP contribution in [0.5, 0.6) is 5.75 Å². The van der Waals surface area contributed by atoms with Gasteiger partial charge in [0.1, 0.15) is 23.4 Å². The van der Waals surface area contributed by atoms with Crippen LogP contribution in [0.3, 0.4) is 0 Å². The number of hydrogen-bond donors (Lipinski definition) is 3. The number of nitrogens with zero attached hydrogens (tertiary/aromatic N) is 1. The van der Waals surface area contributed by atoms with Gasteiger partial charge in [0.2, 0.25) is 11.8 Å². The Morgan fingerprint density at radius 2 is 1.77 bits per heavy atom. The Morgan fingerprint density at radius 1 is 1.13 bits per heavy atom. The van der Waals surface area contributed by atoms with E-state index >= 15 is 0 Å². The molecule has 0 radical (unpaired) electrons. The number of amides is 3. The van der Waals surface area contributed by atoms with Gasteiger partial charge in [0.15, 0.2) is 0 Å². The molecule has 0 saturated carbocycles. The average molecular weight is 436 g/mol. The number of phenolic OH excluding ortho intramolecular Hbond substituents is 1. The number of likely N-dealkylation sites (N-methyl/N-ethyl adjacent to an activating group) is 1. The maximum atomic E-state index is 13.2. The van der Waals surface area contributed by atoms with Crippen molar-refractivity contribution in [3.05, 3.63) is 29.8 Å². The van der Waals surface area contributed by atoms with Gasteiger partial charge in [-0.3, -0.25) is 9.59 Å². The number of aromatic hydroxyl groups is 1. The Labute approximate surface area is 185 Å². The lowest BCUT2D eigenvalue weighted by atomic mass is 10.0. The van der Waals surface area contributed by atoms with Crippen molar-refractivity contribution in [2.75, 3.05) is 6.54 Å². The Bertz CT molecular complexity index is 760. The van der Waals surface area contributed by atoms with E-state index in [4.69, 9.17) is 4.74 Å². The lowest BCUT2D eigenvalue weighted by Crippen LogP contribution is -2.52. The first-order valence-electron chi connectivity index (χ1n) is 10.8. The number of carbonyl (C=O) groups excluding carboxylic acids is 3. The summed E-state index contributed by atoms with van der Waals surface area (Å²) in [5.41, 5.74) is -0.211. The van der Waals surface area contributed by atoms with Gasteiger partial charge in [-0.15, -0.1) is 0 Å². The molecule has 0 spiro atoms. The summed E-state index contributed by atoms with van der Waals surface area (Å²) < 4.78 is 5.23. The number of hydrogen-bond acceptors (Lipinski definition) is 5. The zero-order valence-electron chi connectivity index (χ0n) is 19.7. The van der Waals surface area contributed by atoms with Gasteiger partial charge in [0, 0.05) is 12.6 Å². The van der Waals surface area contributed by atoms with Crippen molar-refractivity contribution < 1.29 is 24.2 Å². The Morgan fingerprint density at radius 3 is 2.29 bits per heavy atom. The van der Waals surface area contributed by atoms with Crippen LogP contribution in [0.1, 0.15) is 72.9 Å². The lowest BCUT2D eigenvalue weighted by molar-refractivity contribution is -0.142. The standard InChI is InChI=1S/C23H37N3O5/c1-8-11-15(3)24-20(28)19(17-12-10-13-18(27)14-17)26(9-2)21(29)16(4)25-22(30)31-23(5,6)7/h10,12-16,19,27H,8-9,11H2,1-7H3,(H,24,28)(H,25,30). The average Bonchev–Trinajstić information content (AvgIpc) is 2.63. The van der Waals surface area contributed by atoms with Gasteiger partial charge in [-0.2, -0.15) is 0 Å². The van der Waals surface area contributed by atoms with E-state index in [1.165, 1.54) is 17.0 Å². The highest BCUT2D eigenvalue weighted by Gasteiger charge is 2.34. The number of rotatable bonds is 9. The molecular formula is C23H37N3O5. The number of phenols is 1. The van der Waals surface area contributed by atoms with E-state index in [1.807, 2.05) is 13.8 Å². The predicted octanol–water partition coefficient (Wildman–Crippen LogP) is 3.50. The zero-order valence-corrected chi connectivity index (χ0v) is 19.7. The molecular weight excluding hydrogens is 398 g/mol. The molecule has 3 N–H and O–H groups in total. The topological polar surface area (TPSA) is 108 Å². The third-order valence-corrected chi connectivity index (χ3v) is 4.58. The maximum absolute atomic E-state index is 13.2. The van der Waals surface area contributed by atoms with Gasteiger partial charge in [-0.25, -0.2) is 4.79 Å². The van der Waals surface area contributed by atoms with Crippen LogP contribution in [0.25, 0.3) is 0 Å². The summed E-state index contributed by atoms with van der Waals surface area (Å²) in [7, 11) is 0. The van der Waals surface area contributed by atoms with E-state index < -0.39 is 29.7 Å². The van der Waals surface area contributed by atoms with Crippen molar-refractivity contribution in [1.82, 2.24) is 15.5 Å². The smallest absolute Gasteiger partial charge is 0.408 e. The third-order valence-electron chi connectivity index (χ3n) is 4.58. The van der Waals surface area contributed by atoms with Crippen LogP contribution in [0, 0.1) is 0 Å². The SMILES string of the molecule is CCCC(C)NC(=O)C(c1cccc(O)c1)N(CC)C(=O)C(C)NC(=O)OC(C)(C)C. The molecule has 0 aliphatic heterocycles. The Balaban J connectivity index is 3.16. The maximum Gasteiger partial charge on any atom is 0.408 e. The van der Waals surface area contributed by atoms with Gasteiger partial charge in [-0.1, -0.05) is 25.5 Å². The second-order valence-corrected chi connectivity index (χ2v) is 8.69. The predicted molar refractivity (Wildman–Crippen MR) is 120 cm³/mol. The third kappa shape index (κ3) is 8.47. The van der Waals surface area contributed by atoms with Crippen molar-refractivity contribution in [2.45, 2.75) is 85.0 Å². The minimum absolute atomic E-state index is 0.000312.